The molecule has 0 aliphatic carbocycles. The van der Waals surface area contributed by atoms with Crippen LogP contribution in [0.3, 0.4) is 0 Å². The molecule has 2 nitrogen and oxygen atoms in total. The summed E-state index contributed by atoms with van der Waals surface area (Å²) in [5.41, 5.74) is 0.213. The number of aliphatic hydroxyl groups is 1. The molecule has 0 bridgehead atoms. The second-order valence-corrected chi connectivity index (χ2v) is 5.80. The van der Waals surface area contributed by atoms with E-state index >= 15 is 0 Å². The molecule has 0 aliphatic heterocycles. The third kappa shape index (κ3) is 4.63. The average molecular weight is 187 g/mol. The summed E-state index contributed by atoms with van der Waals surface area (Å²) in [6.07, 6.45) is -0.265. The maximum atomic E-state index is 9.41. The largest absolute Gasteiger partial charge is 0.392 e. The van der Waals surface area contributed by atoms with Gasteiger partial charge in [0.15, 0.2) is 0 Å². The van der Waals surface area contributed by atoms with Crippen molar-refractivity contribution in [2.24, 2.45) is 0 Å². The fourth-order valence-electron chi connectivity index (χ4n) is 1.82. The lowest BCUT2D eigenvalue weighted by Gasteiger charge is -2.46. The van der Waals surface area contributed by atoms with E-state index in [0.717, 1.165) is 6.54 Å². The van der Waals surface area contributed by atoms with Crippen LogP contribution in [0.1, 0.15) is 48.5 Å². The Hall–Kier alpha value is -0.0800. The summed E-state index contributed by atoms with van der Waals surface area (Å²) in [6, 6.07) is 0. The van der Waals surface area contributed by atoms with Gasteiger partial charge in [0, 0.05) is 17.6 Å². The molecule has 0 aliphatic rings. The van der Waals surface area contributed by atoms with E-state index in [0.29, 0.717) is 0 Å². The zero-order chi connectivity index (χ0) is 10.9. The first-order chi connectivity index (χ1) is 5.55. The topological polar surface area (TPSA) is 23.5 Å². The Bertz CT molecular complexity index is 136. The van der Waals surface area contributed by atoms with Crippen molar-refractivity contribution < 1.29 is 5.11 Å². The monoisotopic (exact) mass is 187 g/mol. The first-order valence-electron chi connectivity index (χ1n) is 5.01. The predicted molar refractivity (Wildman–Crippen MR) is 57.9 cm³/mol. The number of hydrogen-bond acceptors (Lipinski definition) is 2. The zero-order valence-corrected chi connectivity index (χ0v) is 10.2. The lowest BCUT2D eigenvalue weighted by molar-refractivity contribution is -0.0000792. The quantitative estimate of drug-likeness (QED) is 0.717. The van der Waals surface area contributed by atoms with Gasteiger partial charge in [0.1, 0.15) is 0 Å². The minimum atomic E-state index is -0.265. The van der Waals surface area contributed by atoms with Crippen molar-refractivity contribution in [1.82, 2.24) is 4.90 Å². The Morgan fingerprint density at radius 3 is 1.38 bits per heavy atom. The Labute approximate surface area is 82.9 Å². The minimum absolute atomic E-state index is 0.106. The zero-order valence-electron chi connectivity index (χ0n) is 10.2. The summed E-state index contributed by atoms with van der Waals surface area (Å²) in [7, 11) is 0. The minimum Gasteiger partial charge on any atom is -0.392 e. The van der Waals surface area contributed by atoms with E-state index in [1.54, 1.807) is 0 Å². The molecule has 0 amide bonds. The van der Waals surface area contributed by atoms with E-state index in [2.05, 4.69) is 46.4 Å². The molecular weight excluding hydrogens is 162 g/mol. The van der Waals surface area contributed by atoms with E-state index in [1.807, 2.05) is 6.92 Å². The molecule has 0 aromatic carbocycles. The van der Waals surface area contributed by atoms with Crippen molar-refractivity contribution in [3.63, 3.8) is 0 Å². The third-order valence-electron chi connectivity index (χ3n) is 2.07. The fourth-order valence-corrected chi connectivity index (χ4v) is 1.82. The Kier molecular flexibility index (Phi) is 3.95. The second-order valence-electron chi connectivity index (χ2n) is 5.80. The molecule has 0 saturated heterocycles. The van der Waals surface area contributed by atoms with Gasteiger partial charge in [-0.3, -0.25) is 4.90 Å². The van der Waals surface area contributed by atoms with E-state index < -0.39 is 0 Å². The molecule has 0 fully saturated rings. The number of rotatable bonds is 2. The van der Waals surface area contributed by atoms with Crippen LogP contribution in [0, 0.1) is 0 Å². The molecule has 1 unspecified atom stereocenters. The third-order valence-corrected chi connectivity index (χ3v) is 2.07. The average Bonchev–Trinajstić information content (AvgIpc) is 1.77. The molecule has 1 N–H and O–H groups in total. The van der Waals surface area contributed by atoms with Crippen molar-refractivity contribution >= 4 is 0 Å². The molecule has 1 atom stereocenters. The standard InChI is InChI=1S/C11H25NO/c1-9(13)8-12(10(2,3)4)11(5,6)7/h9,13H,8H2,1-7H3. The summed E-state index contributed by atoms with van der Waals surface area (Å²) in [6.45, 7) is 15.7. The molecule has 80 valence electrons. The van der Waals surface area contributed by atoms with Crippen LogP contribution >= 0.6 is 0 Å². The van der Waals surface area contributed by atoms with Crippen molar-refractivity contribution in [2.75, 3.05) is 6.54 Å². The maximum absolute atomic E-state index is 9.41. The summed E-state index contributed by atoms with van der Waals surface area (Å²) in [4.78, 5) is 2.32. The molecular formula is C11H25NO. The second kappa shape index (κ2) is 3.97. The van der Waals surface area contributed by atoms with Gasteiger partial charge in [0.2, 0.25) is 0 Å². The summed E-state index contributed by atoms with van der Waals surface area (Å²) in [5, 5.41) is 9.41. The Morgan fingerprint density at radius 2 is 1.31 bits per heavy atom. The predicted octanol–water partition coefficient (Wildman–Crippen LogP) is 2.27. The highest BCUT2D eigenvalue weighted by Gasteiger charge is 2.31. The van der Waals surface area contributed by atoms with Gasteiger partial charge in [0.05, 0.1) is 6.10 Å². The van der Waals surface area contributed by atoms with E-state index in [-0.39, 0.29) is 17.2 Å². The van der Waals surface area contributed by atoms with Gasteiger partial charge >= 0.3 is 0 Å². The molecule has 0 aromatic heterocycles. The first-order valence-corrected chi connectivity index (χ1v) is 5.01. The molecule has 0 radical (unpaired) electrons. The van der Waals surface area contributed by atoms with Crippen LogP contribution in [0.2, 0.25) is 0 Å². The maximum Gasteiger partial charge on any atom is 0.0639 e. The highest BCUT2D eigenvalue weighted by Crippen LogP contribution is 2.24. The highest BCUT2D eigenvalue weighted by molar-refractivity contribution is 4.87. The fraction of sp³-hybridized carbons (Fsp3) is 1.00. The lowest BCUT2D eigenvalue weighted by atomic mass is 9.95. The first kappa shape index (κ1) is 12.9. The van der Waals surface area contributed by atoms with Gasteiger partial charge in [-0.2, -0.15) is 0 Å². The number of hydrogen-bond donors (Lipinski definition) is 1. The van der Waals surface area contributed by atoms with Gasteiger partial charge in [-0.05, 0) is 48.5 Å². The van der Waals surface area contributed by atoms with Gasteiger partial charge in [-0.25, -0.2) is 0 Å². The molecule has 0 aromatic rings. The normalized spacial score (nSPS) is 16.4. The Balaban J connectivity index is 4.58. The van der Waals surface area contributed by atoms with Crippen LogP contribution in [0.4, 0.5) is 0 Å². The van der Waals surface area contributed by atoms with Gasteiger partial charge in [0.25, 0.3) is 0 Å². The summed E-state index contributed by atoms with van der Waals surface area (Å²) in [5.74, 6) is 0. The molecule has 13 heavy (non-hydrogen) atoms. The molecule has 2 heteroatoms. The van der Waals surface area contributed by atoms with Crippen LogP contribution < -0.4 is 0 Å². The molecule has 0 saturated carbocycles. The Morgan fingerprint density at radius 1 is 1.00 bits per heavy atom. The van der Waals surface area contributed by atoms with Gasteiger partial charge < -0.3 is 5.11 Å². The summed E-state index contributed by atoms with van der Waals surface area (Å²) >= 11 is 0. The van der Waals surface area contributed by atoms with E-state index in [9.17, 15) is 5.11 Å². The van der Waals surface area contributed by atoms with Crippen LogP contribution in [0.25, 0.3) is 0 Å². The molecule has 0 rings (SSSR count). The SMILES string of the molecule is CC(O)CN(C(C)(C)C)C(C)(C)C. The summed E-state index contributed by atoms with van der Waals surface area (Å²) < 4.78 is 0. The number of nitrogens with zero attached hydrogens (tertiary/aromatic N) is 1. The van der Waals surface area contributed by atoms with Crippen LogP contribution in [0.15, 0.2) is 0 Å². The highest BCUT2D eigenvalue weighted by atomic mass is 16.3. The van der Waals surface area contributed by atoms with Crippen LogP contribution in [-0.4, -0.2) is 33.7 Å². The van der Waals surface area contributed by atoms with Crippen molar-refractivity contribution in [3.05, 3.63) is 0 Å². The van der Waals surface area contributed by atoms with Crippen LogP contribution in [-0.2, 0) is 0 Å². The van der Waals surface area contributed by atoms with Crippen LogP contribution in [0.5, 0.6) is 0 Å². The van der Waals surface area contributed by atoms with Crippen molar-refractivity contribution in [2.45, 2.75) is 65.6 Å². The van der Waals surface area contributed by atoms with Crippen molar-refractivity contribution in [3.8, 4) is 0 Å². The smallest absolute Gasteiger partial charge is 0.0639 e. The molecule has 0 spiro atoms. The molecule has 0 heterocycles. The van der Waals surface area contributed by atoms with E-state index in [1.165, 1.54) is 0 Å². The number of β-amino-alcohol motifs (C(OH)–C–C–N with tert-alkyl or cyclic N) is 1. The number of aliphatic hydroxyl groups excluding tert-OH is 1. The van der Waals surface area contributed by atoms with Crippen molar-refractivity contribution in [1.29, 1.82) is 0 Å². The van der Waals surface area contributed by atoms with E-state index in [4.69, 9.17) is 0 Å². The van der Waals surface area contributed by atoms with Gasteiger partial charge in [-0.15, -0.1) is 0 Å². The lowest BCUT2D eigenvalue weighted by Crippen LogP contribution is -2.54. The van der Waals surface area contributed by atoms with Gasteiger partial charge in [-0.1, -0.05) is 0 Å².